The molecule has 0 radical (unpaired) electrons. The quantitative estimate of drug-likeness (QED) is 0.328. The van der Waals surface area contributed by atoms with E-state index in [1.165, 1.54) is 11.3 Å². The Balaban J connectivity index is 0.00000210. The van der Waals surface area contributed by atoms with Crippen molar-refractivity contribution in [3.05, 3.63) is 59.6 Å². The van der Waals surface area contributed by atoms with Crippen molar-refractivity contribution in [2.75, 3.05) is 46.1 Å². The Kier molecular flexibility index (Phi) is 10.0. The Labute approximate surface area is 244 Å². The number of rotatable bonds is 7. The zero-order valence-corrected chi connectivity index (χ0v) is 24.8. The van der Waals surface area contributed by atoms with Crippen LogP contribution in [0.2, 0.25) is 0 Å². The number of hydrogen-bond donors (Lipinski definition) is 2. The van der Waals surface area contributed by atoms with E-state index in [-0.39, 0.29) is 42.0 Å². The first-order valence-electron chi connectivity index (χ1n) is 11.9. The third-order valence-corrected chi connectivity index (χ3v) is 9.26. The maximum atomic E-state index is 13.6. The number of nitrogens with zero attached hydrogens (tertiary/aromatic N) is 3. The van der Waals surface area contributed by atoms with Crippen LogP contribution in [0.15, 0.2) is 59.6 Å². The summed E-state index contributed by atoms with van der Waals surface area (Å²) in [5.41, 5.74) is 6.03. The molecule has 0 bridgehead atoms. The van der Waals surface area contributed by atoms with Crippen LogP contribution in [0.3, 0.4) is 0 Å². The maximum Gasteiger partial charge on any atom is 0.241 e. The number of anilines is 1. The topological polar surface area (TPSA) is 118 Å². The van der Waals surface area contributed by atoms with Crippen LogP contribution in [-0.4, -0.2) is 75.5 Å². The van der Waals surface area contributed by atoms with Gasteiger partial charge in [0.1, 0.15) is 17.6 Å². The number of nitrogen functional groups attached to an aromatic ring is 1. The molecule has 1 amide bonds. The zero-order chi connectivity index (χ0) is 26.2. The third-order valence-electron chi connectivity index (χ3n) is 6.67. The highest BCUT2D eigenvalue weighted by molar-refractivity contribution is 7.89. The summed E-state index contributed by atoms with van der Waals surface area (Å²) in [4.78, 5) is 22.6. The van der Waals surface area contributed by atoms with Crippen LogP contribution in [0.25, 0.3) is 20.9 Å². The van der Waals surface area contributed by atoms with Crippen molar-refractivity contribution < 1.29 is 17.9 Å². The number of benzene rings is 2. The molecule has 1 aliphatic heterocycles. The SMILES string of the molecule is COc1ccc2ccc(S(=O)(=O)NC(Cc3cc4c(N)nccc4s3)C(=O)N3CCN(C)CC3)cc2c1.Cl.Cl. The molecular weight excluding hydrogens is 581 g/mol. The van der Waals surface area contributed by atoms with Gasteiger partial charge >= 0.3 is 0 Å². The molecule has 3 N–H and O–H groups in total. The Hall–Kier alpha value is -2.67. The number of thiophene rings is 1. The zero-order valence-electron chi connectivity index (χ0n) is 21.5. The Morgan fingerprint density at radius 1 is 1.08 bits per heavy atom. The van der Waals surface area contributed by atoms with Crippen molar-refractivity contribution >= 4 is 78.8 Å². The first kappa shape index (κ1) is 30.9. The van der Waals surface area contributed by atoms with Gasteiger partial charge in [0, 0.05) is 53.8 Å². The second-order valence-electron chi connectivity index (χ2n) is 9.20. The molecule has 1 atom stereocenters. The smallest absolute Gasteiger partial charge is 0.241 e. The van der Waals surface area contributed by atoms with E-state index in [0.29, 0.717) is 24.7 Å². The predicted octanol–water partition coefficient (Wildman–Crippen LogP) is 3.55. The summed E-state index contributed by atoms with van der Waals surface area (Å²) in [5.74, 6) is 0.813. The van der Waals surface area contributed by atoms with Gasteiger partial charge in [-0.15, -0.1) is 36.2 Å². The molecule has 1 unspecified atom stereocenters. The Bertz CT molecular complexity index is 1570. The molecule has 4 aromatic rings. The van der Waals surface area contributed by atoms with Gasteiger partial charge < -0.3 is 20.3 Å². The fourth-order valence-electron chi connectivity index (χ4n) is 4.52. The predicted molar refractivity (Wildman–Crippen MR) is 161 cm³/mol. The second kappa shape index (κ2) is 12.7. The van der Waals surface area contributed by atoms with Crippen molar-refractivity contribution in [2.24, 2.45) is 0 Å². The summed E-state index contributed by atoms with van der Waals surface area (Å²) >= 11 is 1.48. The van der Waals surface area contributed by atoms with Crippen molar-refractivity contribution in [3.63, 3.8) is 0 Å². The van der Waals surface area contributed by atoms with Gasteiger partial charge in [-0.25, -0.2) is 13.4 Å². The van der Waals surface area contributed by atoms with Crippen LogP contribution in [0, 0.1) is 0 Å². The van der Waals surface area contributed by atoms with E-state index in [4.69, 9.17) is 10.5 Å². The number of pyridine rings is 1. The number of likely N-dealkylation sites (N-methyl/N-ethyl adjacent to an activating group) is 1. The van der Waals surface area contributed by atoms with Crippen LogP contribution < -0.4 is 15.2 Å². The minimum absolute atomic E-state index is 0. The van der Waals surface area contributed by atoms with Crippen LogP contribution in [0.1, 0.15) is 4.88 Å². The van der Waals surface area contributed by atoms with Crippen molar-refractivity contribution in [2.45, 2.75) is 17.4 Å². The van der Waals surface area contributed by atoms with Gasteiger partial charge in [-0.05, 0) is 54.2 Å². The molecule has 5 rings (SSSR count). The number of hydrogen-bond acceptors (Lipinski definition) is 8. The minimum Gasteiger partial charge on any atom is -0.497 e. The van der Waals surface area contributed by atoms with Gasteiger partial charge in [0.05, 0.1) is 12.0 Å². The number of methoxy groups -OCH3 is 1. The lowest BCUT2D eigenvalue weighted by Gasteiger charge is -2.34. The molecule has 2 aromatic heterocycles. The highest BCUT2D eigenvalue weighted by atomic mass is 35.5. The van der Waals surface area contributed by atoms with Gasteiger partial charge in [-0.3, -0.25) is 4.79 Å². The van der Waals surface area contributed by atoms with Crippen molar-refractivity contribution in [1.82, 2.24) is 19.5 Å². The summed E-state index contributed by atoms with van der Waals surface area (Å²) in [5, 5.41) is 2.43. The van der Waals surface area contributed by atoms with Crippen molar-refractivity contribution in [1.29, 1.82) is 0 Å². The highest BCUT2D eigenvalue weighted by Gasteiger charge is 2.31. The summed E-state index contributed by atoms with van der Waals surface area (Å²) < 4.78 is 36.0. The van der Waals surface area contributed by atoms with E-state index in [2.05, 4.69) is 14.6 Å². The average molecular weight is 613 g/mol. The van der Waals surface area contributed by atoms with E-state index in [9.17, 15) is 13.2 Å². The monoisotopic (exact) mass is 611 g/mol. The van der Waals surface area contributed by atoms with Crippen molar-refractivity contribution in [3.8, 4) is 5.75 Å². The summed E-state index contributed by atoms with van der Waals surface area (Å²) in [6.07, 6.45) is 1.85. The Morgan fingerprint density at radius 2 is 1.79 bits per heavy atom. The molecule has 0 spiro atoms. The normalized spacial score (nSPS) is 15.0. The molecule has 0 aliphatic carbocycles. The molecule has 13 heteroatoms. The molecule has 1 saturated heterocycles. The molecule has 0 saturated carbocycles. The molecule has 210 valence electrons. The number of piperazine rings is 1. The molecular formula is C26H31Cl2N5O4S2. The van der Waals surface area contributed by atoms with Crippen LogP contribution in [0.5, 0.6) is 5.75 Å². The number of amides is 1. The maximum absolute atomic E-state index is 13.6. The standard InChI is InChI=1S/C26H29N5O4S2.2ClH/c1-30-9-11-31(12-10-30)26(32)23(16-20-15-22-24(36-20)7-8-28-25(22)27)29-37(33,34)21-6-4-17-3-5-19(35-2)13-18(17)14-21;;/h3-8,13-15,23,29H,9-12,16H2,1-2H3,(H2,27,28);2*1H. The fourth-order valence-corrected chi connectivity index (χ4v) is 6.85. The van der Waals surface area contributed by atoms with E-state index in [0.717, 1.165) is 38.8 Å². The number of carbonyl (C=O) groups excluding carboxylic acids is 1. The van der Waals surface area contributed by atoms with Crippen LogP contribution in [-0.2, 0) is 21.2 Å². The molecule has 1 fully saturated rings. The average Bonchev–Trinajstić information content (AvgIpc) is 3.31. The molecule has 3 heterocycles. The Morgan fingerprint density at radius 3 is 2.49 bits per heavy atom. The van der Waals surface area contributed by atoms with Gasteiger partial charge in [-0.1, -0.05) is 12.1 Å². The number of nitrogens with one attached hydrogen (secondary N) is 1. The van der Waals surface area contributed by atoms with Gasteiger partial charge in [0.25, 0.3) is 0 Å². The lowest BCUT2D eigenvalue weighted by Crippen LogP contribution is -2.54. The van der Waals surface area contributed by atoms with E-state index < -0.39 is 16.1 Å². The molecule has 39 heavy (non-hydrogen) atoms. The van der Waals surface area contributed by atoms with E-state index in [1.54, 1.807) is 42.5 Å². The number of ether oxygens (including phenoxy) is 1. The minimum atomic E-state index is -4.00. The van der Waals surface area contributed by atoms with Gasteiger partial charge in [-0.2, -0.15) is 4.72 Å². The lowest BCUT2D eigenvalue weighted by molar-refractivity contribution is -0.134. The second-order valence-corrected chi connectivity index (χ2v) is 12.1. The van der Waals surface area contributed by atoms with Gasteiger partial charge in [0.15, 0.2) is 0 Å². The number of aromatic nitrogens is 1. The van der Waals surface area contributed by atoms with E-state index >= 15 is 0 Å². The number of halogens is 2. The number of sulfonamides is 1. The largest absolute Gasteiger partial charge is 0.497 e. The number of fused-ring (bicyclic) bond motifs is 2. The number of carbonyl (C=O) groups is 1. The summed E-state index contributed by atoms with van der Waals surface area (Å²) in [6, 6.07) is 13.2. The first-order chi connectivity index (χ1) is 17.7. The molecule has 2 aromatic carbocycles. The van der Waals surface area contributed by atoms with Gasteiger partial charge in [0.2, 0.25) is 15.9 Å². The molecule has 9 nitrogen and oxygen atoms in total. The summed E-state index contributed by atoms with van der Waals surface area (Å²) in [6.45, 7) is 2.57. The first-order valence-corrected chi connectivity index (χ1v) is 14.2. The third kappa shape index (κ3) is 6.74. The van der Waals surface area contributed by atoms with Crippen LogP contribution >= 0.6 is 36.2 Å². The molecule has 1 aliphatic rings. The van der Waals surface area contributed by atoms with Crippen LogP contribution in [0.4, 0.5) is 5.82 Å². The lowest BCUT2D eigenvalue weighted by atomic mass is 10.1. The summed E-state index contributed by atoms with van der Waals surface area (Å²) in [7, 11) is -0.433. The fraction of sp³-hybridized carbons (Fsp3) is 0.308. The number of nitrogens with two attached hydrogens (primary N) is 1. The van der Waals surface area contributed by atoms with E-state index in [1.807, 2.05) is 31.3 Å². The highest BCUT2D eigenvalue weighted by Crippen LogP contribution is 2.30.